The van der Waals surface area contributed by atoms with Gasteiger partial charge in [-0.25, -0.2) is 17.9 Å². The Balaban J connectivity index is 1.93. The zero-order valence-corrected chi connectivity index (χ0v) is 13.0. The lowest BCUT2D eigenvalue weighted by molar-refractivity contribution is -0.150. The van der Waals surface area contributed by atoms with Gasteiger partial charge < -0.3 is 5.11 Å². The molecule has 1 saturated carbocycles. The average molecular weight is 338 g/mol. The van der Waals surface area contributed by atoms with E-state index in [1.165, 1.54) is 12.1 Å². The lowest BCUT2D eigenvalue weighted by Gasteiger charge is -2.32. The second-order valence-corrected chi connectivity index (χ2v) is 6.25. The van der Waals surface area contributed by atoms with Crippen LogP contribution >= 0.6 is 0 Å². The second kappa shape index (κ2) is 5.96. The van der Waals surface area contributed by atoms with Crippen LogP contribution in [0.4, 0.5) is 13.2 Å². The summed E-state index contributed by atoms with van der Waals surface area (Å²) in [6, 6.07) is 7.44. The minimum Gasteiger partial charge on any atom is -0.481 e. The summed E-state index contributed by atoms with van der Waals surface area (Å²) in [6.45, 7) is 1.78. The number of aromatic nitrogens is 2. The largest absolute Gasteiger partial charge is 0.481 e. The molecule has 1 N–H and O–H groups in total. The molecule has 2 aromatic rings. The maximum absolute atomic E-state index is 13.6. The molecule has 0 aliphatic heterocycles. The molecule has 1 aromatic carbocycles. The van der Waals surface area contributed by atoms with Crippen LogP contribution in [0.2, 0.25) is 0 Å². The number of benzene rings is 1. The first-order valence-electron chi connectivity index (χ1n) is 7.70. The Morgan fingerprint density at radius 3 is 2.62 bits per heavy atom. The minimum atomic E-state index is -2.95. The van der Waals surface area contributed by atoms with E-state index in [2.05, 4.69) is 5.10 Å². The van der Waals surface area contributed by atoms with Gasteiger partial charge in [0.05, 0.1) is 17.3 Å². The molecule has 2 unspecified atom stereocenters. The molecule has 1 aliphatic carbocycles. The fourth-order valence-corrected chi connectivity index (χ4v) is 3.27. The van der Waals surface area contributed by atoms with Gasteiger partial charge in [0.15, 0.2) is 0 Å². The number of hydrogen-bond donors (Lipinski definition) is 1. The maximum Gasteiger partial charge on any atom is 0.307 e. The Morgan fingerprint density at radius 2 is 2.00 bits per heavy atom. The third-order valence-electron chi connectivity index (χ3n) is 4.50. The Kier molecular flexibility index (Phi) is 4.11. The molecule has 1 heterocycles. The van der Waals surface area contributed by atoms with E-state index >= 15 is 0 Å². The highest BCUT2D eigenvalue weighted by Gasteiger charge is 2.46. The summed E-state index contributed by atoms with van der Waals surface area (Å²) >= 11 is 0. The standard InChI is InChI=1S/C17H17F3N2O2/c1-10-8-15(21-22(10)12-4-2-11(18)3-5-12)13-6-7-17(19,20)9-14(13)16(23)24/h2-5,8,13-14H,6-7,9H2,1H3,(H,23,24). The zero-order chi connectivity index (χ0) is 17.5. The average Bonchev–Trinajstić information content (AvgIpc) is 2.89. The second-order valence-electron chi connectivity index (χ2n) is 6.25. The predicted octanol–water partition coefficient (Wildman–Crippen LogP) is 3.92. The molecule has 0 spiro atoms. The summed E-state index contributed by atoms with van der Waals surface area (Å²) in [7, 11) is 0. The molecule has 0 saturated heterocycles. The summed E-state index contributed by atoms with van der Waals surface area (Å²) in [5.41, 5.74) is 1.85. The van der Waals surface area contributed by atoms with E-state index in [1.54, 1.807) is 29.8 Å². The molecule has 3 rings (SSSR count). The molecule has 24 heavy (non-hydrogen) atoms. The van der Waals surface area contributed by atoms with E-state index in [9.17, 15) is 23.1 Å². The fraction of sp³-hybridized carbons (Fsp3) is 0.412. The first kappa shape index (κ1) is 16.5. The fourth-order valence-electron chi connectivity index (χ4n) is 3.27. The highest BCUT2D eigenvalue weighted by atomic mass is 19.3. The highest BCUT2D eigenvalue weighted by molar-refractivity contribution is 5.71. The predicted molar refractivity (Wildman–Crippen MR) is 80.9 cm³/mol. The summed E-state index contributed by atoms with van der Waals surface area (Å²) in [6.07, 6.45) is -0.941. The van der Waals surface area contributed by atoms with E-state index in [0.29, 0.717) is 11.4 Å². The maximum atomic E-state index is 13.6. The van der Waals surface area contributed by atoms with Gasteiger partial charge >= 0.3 is 5.97 Å². The van der Waals surface area contributed by atoms with E-state index in [-0.39, 0.29) is 18.7 Å². The van der Waals surface area contributed by atoms with Gasteiger partial charge in [-0.15, -0.1) is 0 Å². The molecular formula is C17H17F3N2O2. The van der Waals surface area contributed by atoms with E-state index in [0.717, 1.165) is 5.69 Å². The molecule has 0 bridgehead atoms. The minimum absolute atomic E-state index is 0.0733. The quantitative estimate of drug-likeness (QED) is 0.923. The van der Waals surface area contributed by atoms with E-state index < -0.39 is 30.1 Å². The van der Waals surface area contributed by atoms with Gasteiger partial charge in [-0.3, -0.25) is 4.79 Å². The number of alkyl halides is 2. The van der Waals surface area contributed by atoms with Crippen molar-refractivity contribution in [2.24, 2.45) is 5.92 Å². The number of aryl methyl sites for hydroxylation is 1. The third-order valence-corrected chi connectivity index (χ3v) is 4.50. The Hall–Kier alpha value is -2.31. The van der Waals surface area contributed by atoms with Crippen molar-refractivity contribution in [3.63, 3.8) is 0 Å². The number of halogens is 3. The van der Waals surface area contributed by atoms with E-state index in [4.69, 9.17) is 0 Å². The van der Waals surface area contributed by atoms with Crippen LogP contribution < -0.4 is 0 Å². The summed E-state index contributed by atoms with van der Waals surface area (Å²) in [4.78, 5) is 11.4. The van der Waals surface area contributed by atoms with Gasteiger partial charge in [0.25, 0.3) is 0 Å². The number of carboxylic acid groups (broad SMARTS) is 1. The number of carbonyl (C=O) groups is 1. The van der Waals surface area contributed by atoms with Crippen molar-refractivity contribution in [1.29, 1.82) is 0 Å². The molecule has 128 valence electrons. The van der Waals surface area contributed by atoms with Crippen molar-refractivity contribution in [1.82, 2.24) is 9.78 Å². The number of hydrogen-bond acceptors (Lipinski definition) is 2. The topological polar surface area (TPSA) is 55.1 Å². The monoisotopic (exact) mass is 338 g/mol. The van der Waals surface area contributed by atoms with Crippen molar-refractivity contribution >= 4 is 5.97 Å². The lowest BCUT2D eigenvalue weighted by atomic mass is 9.76. The van der Waals surface area contributed by atoms with Gasteiger partial charge in [0.1, 0.15) is 5.82 Å². The smallest absolute Gasteiger partial charge is 0.307 e. The highest BCUT2D eigenvalue weighted by Crippen LogP contribution is 2.44. The molecule has 7 heteroatoms. The molecule has 4 nitrogen and oxygen atoms in total. The Bertz CT molecular complexity index is 756. The third kappa shape index (κ3) is 3.16. The lowest BCUT2D eigenvalue weighted by Crippen LogP contribution is -2.35. The Labute approximate surface area is 136 Å². The van der Waals surface area contributed by atoms with Crippen LogP contribution in [0.3, 0.4) is 0 Å². The van der Waals surface area contributed by atoms with Crippen molar-refractivity contribution in [3.8, 4) is 5.69 Å². The molecule has 0 amide bonds. The van der Waals surface area contributed by atoms with Crippen LogP contribution in [0.1, 0.15) is 36.6 Å². The summed E-state index contributed by atoms with van der Waals surface area (Å²) in [5.74, 6) is -6.27. The van der Waals surface area contributed by atoms with Gasteiger partial charge in [-0.1, -0.05) is 0 Å². The number of rotatable bonds is 3. The van der Waals surface area contributed by atoms with Gasteiger partial charge in [-0.05, 0) is 43.7 Å². The van der Waals surface area contributed by atoms with Gasteiger partial charge in [0, 0.05) is 24.5 Å². The normalized spacial score (nSPS) is 23.2. The number of aliphatic carboxylic acids is 1. The van der Waals surface area contributed by atoms with Crippen molar-refractivity contribution < 1.29 is 23.1 Å². The molecule has 1 aliphatic rings. The zero-order valence-electron chi connectivity index (χ0n) is 13.0. The molecule has 1 aromatic heterocycles. The summed E-state index contributed by atoms with van der Waals surface area (Å²) < 4.78 is 41.7. The molecular weight excluding hydrogens is 321 g/mol. The van der Waals surface area contributed by atoms with Crippen molar-refractivity contribution in [2.75, 3.05) is 0 Å². The first-order valence-corrected chi connectivity index (χ1v) is 7.70. The first-order chi connectivity index (χ1) is 11.3. The van der Waals surface area contributed by atoms with E-state index in [1.807, 2.05) is 0 Å². The van der Waals surface area contributed by atoms with Crippen LogP contribution in [-0.2, 0) is 4.79 Å². The van der Waals surface area contributed by atoms with Crippen LogP contribution in [-0.4, -0.2) is 26.8 Å². The van der Waals surface area contributed by atoms with Crippen LogP contribution in [0.5, 0.6) is 0 Å². The van der Waals surface area contributed by atoms with Crippen LogP contribution in [0, 0.1) is 18.7 Å². The Morgan fingerprint density at radius 1 is 1.33 bits per heavy atom. The van der Waals surface area contributed by atoms with Crippen LogP contribution in [0.25, 0.3) is 5.69 Å². The molecule has 2 atom stereocenters. The number of nitrogens with zero attached hydrogens (tertiary/aromatic N) is 2. The molecule has 1 fully saturated rings. The van der Waals surface area contributed by atoms with Crippen molar-refractivity contribution in [3.05, 3.63) is 47.5 Å². The SMILES string of the molecule is Cc1cc(C2CCC(F)(F)CC2C(=O)O)nn1-c1ccc(F)cc1. The van der Waals surface area contributed by atoms with Crippen LogP contribution in [0.15, 0.2) is 30.3 Å². The van der Waals surface area contributed by atoms with Gasteiger partial charge in [-0.2, -0.15) is 5.10 Å². The number of carboxylic acids is 1. The summed E-state index contributed by atoms with van der Waals surface area (Å²) in [5, 5.41) is 13.7. The molecule has 0 radical (unpaired) electrons. The van der Waals surface area contributed by atoms with Crippen molar-refractivity contribution in [2.45, 2.75) is 38.0 Å². The van der Waals surface area contributed by atoms with Gasteiger partial charge in [0.2, 0.25) is 5.92 Å².